The largest absolute Gasteiger partial charge is 0.485 e. The number of aliphatic hydroxyl groups excluding tert-OH is 1. The Labute approximate surface area is 155 Å². The van der Waals surface area contributed by atoms with Crippen LogP contribution in [-0.2, 0) is 0 Å². The first kappa shape index (κ1) is 20.0. The van der Waals surface area contributed by atoms with Crippen LogP contribution in [0.4, 0.5) is 0 Å². The number of aromatic nitrogens is 1. The molecule has 5 heteroatoms. The summed E-state index contributed by atoms with van der Waals surface area (Å²) in [7, 11) is 1.41. The number of pyridine rings is 1. The van der Waals surface area contributed by atoms with Crippen molar-refractivity contribution < 1.29 is 14.7 Å². The number of allylic oxidation sites excluding steroid dienone is 5. The van der Waals surface area contributed by atoms with Crippen molar-refractivity contribution in [3.8, 4) is 5.75 Å². The van der Waals surface area contributed by atoms with Crippen molar-refractivity contribution >= 4 is 0 Å². The smallest absolute Gasteiger partial charge is 0.292 e. The zero-order valence-electron chi connectivity index (χ0n) is 16.2. The van der Waals surface area contributed by atoms with E-state index in [4.69, 9.17) is 9.57 Å². The first-order chi connectivity index (χ1) is 12.4. The van der Waals surface area contributed by atoms with E-state index in [-0.39, 0.29) is 23.1 Å². The van der Waals surface area contributed by atoms with Gasteiger partial charge in [0.1, 0.15) is 19.0 Å². The highest BCUT2D eigenvalue weighted by Crippen LogP contribution is 2.38. The van der Waals surface area contributed by atoms with Gasteiger partial charge in [0.05, 0.1) is 17.9 Å². The number of nitrogens with zero attached hydrogens (tertiary/aromatic N) is 1. The lowest BCUT2D eigenvalue weighted by Crippen LogP contribution is -2.40. The molecule has 0 aliphatic carbocycles. The van der Waals surface area contributed by atoms with Crippen molar-refractivity contribution in [1.29, 1.82) is 0 Å². The van der Waals surface area contributed by atoms with E-state index < -0.39 is 6.10 Å². The Kier molecular flexibility index (Phi) is 6.86. The van der Waals surface area contributed by atoms with Gasteiger partial charge >= 0.3 is 0 Å². The van der Waals surface area contributed by atoms with Gasteiger partial charge < -0.3 is 14.7 Å². The van der Waals surface area contributed by atoms with Gasteiger partial charge in [-0.15, -0.1) is 0 Å². The zero-order valence-corrected chi connectivity index (χ0v) is 16.2. The minimum absolute atomic E-state index is 0.247. The lowest BCUT2D eigenvalue weighted by molar-refractivity contribution is 0.0203. The normalized spacial score (nSPS) is 24.5. The molecular formula is C21H29NO4. The minimum Gasteiger partial charge on any atom is -0.485 e. The summed E-state index contributed by atoms with van der Waals surface area (Å²) in [6.07, 6.45) is 11.6. The molecule has 4 atom stereocenters. The van der Waals surface area contributed by atoms with E-state index in [2.05, 4.69) is 19.9 Å². The molecule has 0 aromatic carbocycles. The average Bonchev–Trinajstić information content (AvgIpc) is 2.63. The number of hydrogen-bond donors (Lipinski definition) is 1. The van der Waals surface area contributed by atoms with E-state index in [0.717, 1.165) is 16.7 Å². The molecule has 0 bridgehead atoms. The van der Waals surface area contributed by atoms with E-state index in [1.807, 2.05) is 38.2 Å². The Morgan fingerprint density at radius 2 is 2.15 bits per heavy atom. The Morgan fingerprint density at radius 3 is 2.81 bits per heavy atom. The summed E-state index contributed by atoms with van der Waals surface area (Å²) in [6.45, 7) is 8.19. The van der Waals surface area contributed by atoms with Gasteiger partial charge in [0.25, 0.3) is 5.56 Å². The molecule has 0 saturated heterocycles. The predicted octanol–water partition coefficient (Wildman–Crippen LogP) is 3.44. The van der Waals surface area contributed by atoms with Gasteiger partial charge in [0, 0.05) is 12.0 Å². The zero-order chi connectivity index (χ0) is 19.3. The fourth-order valence-corrected chi connectivity index (χ4v) is 2.97. The highest BCUT2D eigenvalue weighted by molar-refractivity contribution is 5.37. The van der Waals surface area contributed by atoms with Crippen molar-refractivity contribution in [3.63, 3.8) is 0 Å². The molecule has 0 fully saturated rings. The van der Waals surface area contributed by atoms with Crippen LogP contribution in [0.1, 0.15) is 45.8 Å². The van der Waals surface area contributed by atoms with Gasteiger partial charge in [0.15, 0.2) is 0 Å². The maximum atomic E-state index is 12.4. The molecule has 2 rings (SSSR count). The quantitative estimate of drug-likeness (QED) is 0.791. The highest BCUT2D eigenvalue weighted by Gasteiger charge is 2.37. The Bertz CT molecular complexity index is 760. The predicted molar refractivity (Wildman–Crippen MR) is 103 cm³/mol. The van der Waals surface area contributed by atoms with Crippen molar-refractivity contribution in [1.82, 2.24) is 4.73 Å². The SMILES string of the molecule is CC[C@@H](C)/C=C/C=C/C=C(\C)[C@H]1Oc2ccn(OC)c(=O)c2[C@H](O)[C@@H]1C. The monoisotopic (exact) mass is 359 g/mol. The van der Waals surface area contributed by atoms with Crippen LogP contribution in [0.15, 0.2) is 53.0 Å². The second-order valence-corrected chi connectivity index (χ2v) is 6.82. The van der Waals surface area contributed by atoms with E-state index in [1.54, 1.807) is 6.07 Å². The lowest BCUT2D eigenvalue weighted by Gasteiger charge is -2.35. The summed E-state index contributed by atoms with van der Waals surface area (Å²) in [5, 5.41) is 10.6. The Morgan fingerprint density at radius 1 is 1.42 bits per heavy atom. The van der Waals surface area contributed by atoms with Crippen LogP contribution in [0, 0.1) is 11.8 Å². The molecule has 1 N–H and O–H groups in total. The average molecular weight is 359 g/mol. The molecule has 0 amide bonds. The summed E-state index contributed by atoms with van der Waals surface area (Å²) in [5.74, 6) is 0.727. The van der Waals surface area contributed by atoms with Crippen LogP contribution in [0.3, 0.4) is 0 Å². The number of hydrogen-bond acceptors (Lipinski definition) is 4. The number of ether oxygens (including phenoxy) is 1. The van der Waals surface area contributed by atoms with E-state index in [1.165, 1.54) is 13.3 Å². The number of fused-ring (bicyclic) bond motifs is 1. The third-order valence-corrected chi connectivity index (χ3v) is 4.89. The molecule has 5 nitrogen and oxygen atoms in total. The van der Waals surface area contributed by atoms with Crippen molar-refractivity contribution in [2.45, 2.75) is 46.3 Å². The molecule has 0 saturated carbocycles. The van der Waals surface area contributed by atoms with Crippen LogP contribution >= 0.6 is 0 Å². The van der Waals surface area contributed by atoms with Crippen LogP contribution < -0.4 is 15.1 Å². The second kappa shape index (κ2) is 8.90. The Hall–Kier alpha value is -2.27. The van der Waals surface area contributed by atoms with Crippen LogP contribution in [0.2, 0.25) is 0 Å². The van der Waals surface area contributed by atoms with Gasteiger partial charge in [-0.25, -0.2) is 0 Å². The minimum atomic E-state index is -0.906. The molecule has 0 radical (unpaired) electrons. The first-order valence-electron chi connectivity index (χ1n) is 9.07. The third-order valence-electron chi connectivity index (χ3n) is 4.89. The molecule has 2 heterocycles. The molecule has 1 aromatic heterocycles. The standard InChI is InChI=1S/C21H29NO4/c1-6-14(2)10-8-7-9-11-15(3)20-16(4)19(23)18-17(26-20)12-13-22(25-5)21(18)24/h7-14,16,19-20,23H,6H2,1-5H3/b9-7+,10-8+,15-11+/t14-,16+,19-,20-/m1/s1. The van der Waals surface area contributed by atoms with E-state index >= 15 is 0 Å². The van der Waals surface area contributed by atoms with Crippen LogP contribution in [0.25, 0.3) is 0 Å². The topological polar surface area (TPSA) is 60.7 Å². The van der Waals surface area contributed by atoms with Crippen LogP contribution in [0.5, 0.6) is 5.75 Å². The summed E-state index contributed by atoms with van der Waals surface area (Å²) >= 11 is 0. The van der Waals surface area contributed by atoms with Gasteiger partial charge in [-0.3, -0.25) is 4.79 Å². The fraction of sp³-hybridized carbons (Fsp3) is 0.476. The van der Waals surface area contributed by atoms with E-state index in [0.29, 0.717) is 11.7 Å². The molecule has 1 aliphatic heterocycles. The second-order valence-electron chi connectivity index (χ2n) is 6.82. The molecule has 1 aromatic rings. The first-order valence-corrected chi connectivity index (χ1v) is 9.07. The number of rotatable bonds is 6. The lowest BCUT2D eigenvalue weighted by atomic mass is 9.86. The fourth-order valence-electron chi connectivity index (χ4n) is 2.97. The molecular weight excluding hydrogens is 330 g/mol. The molecule has 1 aliphatic rings. The van der Waals surface area contributed by atoms with Gasteiger partial charge in [-0.2, -0.15) is 4.73 Å². The molecule has 0 spiro atoms. The van der Waals surface area contributed by atoms with Gasteiger partial charge in [-0.1, -0.05) is 57.6 Å². The van der Waals surface area contributed by atoms with E-state index in [9.17, 15) is 9.90 Å². The number of aliphatic hydroxyl groups is 1. The summed E-state index contributed by atoms with van der Waals surface area (Å²) in [5.41, 5.74) is 0.851. The molecule has 142 valence electrons. The molecule has 26 heavy (non-hydrogen) atoms. The highest BCUT2D eigenvalue weighted by atomic mass is 16.6. The summed E-state index contributed by atoms with van der Waals surface area (Å²) in [4.78, 5) is 17.3. The Balaban J connectivity index is 2.20. The van der Waals surface area contributed by atoms with Crippen molar-refractivity contribution in [2.75, 3.05) is 7.11 Å². The van der Waals surface area contributed by atoms with Crippen molar-refractivity contribution in [3.05, 3.63) is 64.1 Å². The maximum Gasteiger partial charge on any atom is 0.292 e. The third kappa shape index (κ3) is 4.28. The van der Waals surface area contributed by atoms with Crippen LogP contribution in [-0.4, -0.2) is 23.1 Å². The molecule has 0 unspecified atom stereocenters. The summed E-state index contributed by atoms with van der Waals surface area (Å²) < 4.78 is 7.11. The maximum absolute atomic E-state index is 12.4. The van der Waals surface area contributed by atoms with Gasteiger partial charge in [-0.05, 0) is 18.4 Å². The van der Waals surface area contributed by atoms with Gasteiger partial charge in [0.2, 0.25) is 0 Å². The summed E-state index contributed by atoms with van der Waals surface area (Å²) in [6, 6.07) is 1.65. The van der Waals surface area contributed by atoms with Crippen molar-refractivity contribution in [2.24, 2.45) is 11.8 Å².